The number of rotatable bonds is 3. The average molecular weight is 228 g/mol. The minimum atomic E-state index is -1.02. The maximum Gasteiger partial charge on any atom is 0.171 e. The van der Waals surface area contributed by atoms with E-state index in [0.29, 0.717) is 0 Å². The van der Waals surface area contributed by atoms with Crippen LogP contribution in [0.1, 0.15) is 32.6 Å². The zero-order valence-electron chi connectivity index (χ0n) is 9.50. The number of nitrogens with zero attached hydrogens (tertiary/aromatic N) is 1. The van der Waals surface area contributed by atoms with Crippen LogP contribution in [0.15, 0.2) is 5.38 Å². The molecule has 14 heavy (non-hydrogen) atoms. The third kappa shape index (κ3) is 3.19. The smallest absolute Gasteiger partial charge is 0.171 e. The molecule has 1 unspecified atom stereocenters. The van der Waals surface area contributed by atoms with Gasteiger partial charge in [-0.1, -0.05) is 20.8 Å². The van der Waals surface area contributed by atoms with E-state index in [1.165, 1.54) is 11.3 Å². The van der Waals surface area contributed by atoms with Crippen LogP contribution in [-0.2, 0) is 4.43 Å². The van der Waals surface area contributed by atoms with E-state index in [9.17, 15) is 0 Å². The van der Waals surface area contributed by atoms with Crippen LogP contribution >= 0.6 is 11.3 Å². The molecule has 0 saturated carbocycles. The van der Waals surface area contributed by atoms with Crippen LogP contribution in [0, 0.1) is 10.9 Å². The van der Waals surface area contributed by atoms with Crippen molar-refractivity contribution in [2.45, 2.75) is 40.0 Å². The lowest BCUT2D eigenvalue weighted by Gasteiger charge is -2.31. The molecule has 0 aliphatic rings. The van der Waals surface area contributed by atoms with E-state index in [2.05, 4.69) is 44.4 Å². The molecule has 1 rings (SSSR count). The predicted molar refractivity (Wildman–Crippen MR) is 63.1 cm³/mol. The van der Waals surface area contributed by atoms with Gasteiger partial charge in [0.2, 0.25) is 0 Å². The van der Waals surface area contributed by atoms with Crippen LogP contribution in [0.4, 0.5) is 0 Å². The van der Waals surface area contributed by atoms with Gasteiger partial charge in [0.15, 0.2) is 14.6 Å². The Morgan fingerprint density at radius 2 is 2.14 bits per heavy atom. The van der Waals surface area contributed by atoms with Crippen molar-refractivity contribution in [3.8, 4) is 0 Å². The van der Waals surface area contributed by atoms with Gasteiger partial charge in [-0.25, -0.2) is 4.98 Å². The van der Waals surface area contributed by atoms with Gasteiger partial charge in [0.1, 0.15) is 0 Å². The molecule has 0 aromatic carbocycles. The molecule has 0 spiro atoms. The van der Waals surface area contributed by atoms with Gasteiger partial charge in [-0.2, -0.15) is 0 Å². The van der Waals surface area contributed by atoms with E-state index in [-0.39, 0.29) is 11.5 Å². The van der Waals surface area contributed by atoms with Gasteiger partial charge >= 0.3 is 0 Å². The first kappa shape index (κ1) is 11.9. The Morgan fingerprint density at radius 1 is 1.50 bits per heavy atom. The van der Waals surface area contributed by atoms with Crippen molar-refractivity contribution in [1.82, 2.24) is 4.98 Å². The fourth-order valence-corrected chi connectivity index (χ4v) is 2.90. The standard InChI is InChI=1S/C10H18NOSSi/c1-10(2,3)9(12-14(4)5)8-6-13-7-11-8/h6,9,14H,1-5H3. The largest absolute Gasteiger partial charge is 0.412 e. The van der Waals surface area contributed by atoms with Gasteiger partial charge in [0, 0.05) is 5.38 Å². The molecule has 1 aromatic rings. The number of hydrogen-bond donors (Lipinski definition) is 0. The molecule has 0 saturated heterocycles. The highest BCUT2D eigenvalue weighted by atomic mass is 32.1. The van der Waals surface area contributed by atoms with Gasteiger partial charge in [-0.3, -0.25) is 0 Å². The molecule has 0 bridgehead atoms. The highest BCUT2D eigenvalue weighted by Crippen LogP contribution is 2.35. The van der Waals surface area contributed by atoms with Crippen LogP contribution in [0.3, 0.4) is 0 Å². The second-order valence-corrected chi connectivity index (χ2v) is 7.82. The number of thiazole rings is 1. The summed E-state index contributed by atoms with van der Waals surface area (Å²) in [5.74, 6) is 0. The topological polar surface area (TPSA) is 22.1 Å². The molecule has 1 atom stereocenters. The van der Waals surface area contributed by atoms with Gasteiger partial charge in [0.25, 0.3) is 0 Å². The molecule has 1 aromatic heterocycles. The molecule has 2 nitrogen and oxygen atoms in total. The van der Waals surface area contributed by atoms with E-state index in [1.807, 2.05) is 5.38 Å². The minimum absolute atomic E-state index is 0.110. The zero-order valence-corrected chi connectivity index (χ0v) is 11.5. The van der Waals surface area contributed by atoms with Crippen molar-refractivity contribution in [1.29, 1.82) is 0 Å². The summed E-state index contributed by atoms with van der Waals surface area (Å²) in [6, 6.07) is 0. The summed E-state index contributed by atoms with van der Waals surface area (Å²) in [5.41, 5.74) is 4.02. The van der Waals surface area contributed by atoms with Crippen LogP contribution in [0.2, 0.25) is 13.1 Å². The highest BCUT2D eigenvalue weighted by molar-refractivity contribution is 7.07. The van der Waals surface area contributed by atoms with Crippen molar-refractivity contribution in [3.63, 3.8) is 0 Å². The Hall–Kier alpha value is -0.193. The molecule has 0 amide bonds. The highest BCUT2D eigenvalue weighted by Gasteiger charge is 2.29. The van der Waals surface area contributed by atoms with Crippen molar-refractivity contribution < 1.29 is 4.43 Å². The summed E-state index contributed by atoms with van der Waals surface area (Å²) in [5, 5.41) is 2.03. The summed E-state index contributed by atoms with van der Waals surface area (Å²) in [4.78, 5) is 4.23. The van der Waals surface area contributed by atoms with Crippen molar-refractivity contribution in [3.05, 3.63) is 16.6 Å². The predicted octanol–water partition coefficient (Wildman–Crippen LogP) is 3.03. The summed E-state index contributed by atoms with van der Waals surface area (Å²) in [7, 11) is -1.02. The van der Waals surface area contributed by atoms with E-state index < -0.39 is 9.04 Å². The van der Waals surface area contributed by atoms with Gasteiger partial charge in [-0.15, -0.1) is 11.3 Å². The summed E-state index contributed by atoms with van der Waals surface area (Å²) < 4.78 is 6.02. The lowest BCUT2D eigenvalue weighted by atomic mass is 9.88. The average Bonchev–Trinajstić information content (AvgIpc) is 2.49. The third-order valence-electron chi connectivity index (χ3n) is 1.87. The maximum absolute atomic E-state index is 6.02. The minimum Gasteiger partial charge on any atom is -0.412 e. The van der Waals surface area contributed by atoms with Crippen molar-refractivity contribution in [2.75, 3.05) is 0 Å². The molecule has 79 valence electrons. The number of aromatic nitrogens is 1. The molecule has 1 heterocycles. The van der Waals surface area contributed by atoms with E-state index in [4.69, 9.17) is 4.43 Å². The van der Waals surface area contributed by atoms with Crippen LogP contribution < -0.4 is 0 Å². The van der Waals surface area contributed by atoms with Gasteiger partial charge < -0.3 is 4.43 Å². The van der Waals surface area contributed by atoms with Gasteiger partial charge in [-0.05, 0) is 18.5 Å². The molecule has 4 heteroatoms. The van der Waals surface area contributed by atoms with Crippen LogP contribution in [0.25, 0.3) is 0 Å². The Labute approximate surface area is 92.1 Å². The second kappa shape index (κ2) is 4.55. The molecule has 1 radical (unpaired) electrons. The second-order valence-electron chi connectivity index (χ2n) is 4.79. The lowest BCUT2D eigenvalue weighted by molar-refractivity contribution is 0.0832. The molecule has 0 fully saturated rings. The van der Waals surface area contributed by atoms with E-state index in [1.54, 1.807) is 0 Å². The molecule has 0 aliphatic heterocycles. The Kier molecular flexibility index (Phi) is 3.86. The first-order chi connectivity index (χ1) is 6.41. The van der Waals surface area contributed by atoms with Crippen LogP contribution in [0.5, 0.6) is 0 Å². The summed E-state index contributed by atoms with van der Waals surface area (Å²) >= 11 is 1.51. The van der Waals surface area contributed by atoms with Crippen molar-refractivity contribution >= 4 is 20.4 Å². The fraction of sp³-hybridized carbons (Fsp3) is 0.700. The third-order valence-corrected chi connectivity index (χ3v) is 3.24. The normalized spacial score (nSPS) is 14.7. The molecule has 0 aliphatic carbocycles. The molecular formula is C10H18NOSSi. The SMILES string of the molecule is C[SiH](C)OC(c1cs[c]n1)C(C)(C)C. The monoisotopic (exact) mass is 228 g/mol. The van der Waals surface area contributed by atoms with Crippen LogP contribution in [-0.4, -0.2) is 14.0 Å². The summed E-state index contributed by atoms with van der Waals surface area (Å²) in [6.45, 7) is 10.9. The Bertz CT molecular complexity index is 266. The lowest BCUT2D eigenvalue weighted by Crippen LogP contribution is -2.26. The van der Waals surface area contributed by atoms with E-state index in [0.717, 1.165) is 5.69 Å². The number of hydrogen-bond acceptors (Lipinski definition) is 3. The van der Waals surface area contributed by atoms with Gasteiger partial charge in [0.05, 0.1) is 11.8 Å². The van der Waals surface area contributed by atoms with Crippen molar-refractivity contribution in [2.24, 2.45) is 5.41 Å². The first-order valence-corrected chi connectivity index (χ1v) is 8.54. The summed E-state index contributed by atoms with van der Waals surface area (Å²) in [6.07, 6.45) is 0.122. The zero-order chi connectivity index (χ0) is 10.8. The Balaban J connectivity index is 2.83. The van der Waals surface area contributed by atoms with E-state index >= 15 is 0 Å². The first-order valence-electron chi connectivity index (χ1n) is 4.88. The molecule has 0 N–H and O–H groups in total. The maximum atomic E-state index is 6.02. The molecular weight excluding hydrogens is 210 g/mol. The fourth-order valence-electron chi connectivity index (χ4n) is 1.30. The quantitative estimate of drug-likeness (QED) is 0.742. The Morgan fingerprint density at radius 3 is 2.50 bits per heavy atom.